The van der Waals surface area contributed by atoms with E-state index in [1.807, 2.05) is 4.72 Å². The largest absolute Gasteiger partial charge is 0.416 e. The molecule has 0 aliphatic rings. The smallest absolute Gasteiger partial charge is 0.277 e. The molecule has 0 spiro atoms. The number of aromatic nitrogens is 2. The van der Waals surface area contributed by atoms with Crippen LogP contribution in [-0.4, -0.2) is 18.0 Å². The highest BCUT2D eigenvalue weighted by Gasteiger charge is 2.33. The summed E-state index contributed by atoms with van der Waals surface area (Å²) >= 11 is 0. The van der Waals surface area contributed by atoms with Crippen molar-refractivity contribution in [1.82, 2.24) is 14.3 Å². The first kappa shape index (κ1) is 18.3. The molecule has 0 aliphatic carbocycles. The van der Waals surface area contributed by atoms with Gasteiger partial charge in [-0.25, -0.2) is 18.1 Å². The van der Waals surface area contributed by atoms with Crippen molar-refractivity contribution in [2.75, 3.05) is 0 Å². The number of nitrogens with zero attached hydrogens (tertiary/aromatic N) is 2. The average molecular weight is 369 g/mol. The number of aryl methyl sites for hydroxylation is 1. The molecule has 1 aromatic heterocycles. The molecule has 0 saturated carbocycles. The number of rotatable bonds is 5. The van der Waals surface area contributed by atoms with Gasteiger partial charge in [-0.1, -0.05) is 6.07 Å². The molecule has 0 amide bonds. The number of hydrogen-bond acceptors (Lipinski definition) is 3. The van der Waals surface area contributed by atoms with Gasteiger partial charge < -0.3 is 0 Å². The summed E-state index contributed by atoms with van der Waals surface area (Å²) in [5, 5.41) is 0. The second-order valence-corrected chi connectivity index (χ2v) is 6.59. The first-order valence-electron chi connectivity index (χ1n) is 6.50. The van der Waals surface area contributed by atoms with Gasteiger partial charge in [0, 0.05) is 12.4 Å². The van der Waals surface area contributed by atoms with Gasteiger partial charge in [0.1, 0.15) is 5.82 Å². The van der Waals surface area contributed by atoms with Crippen LogP contribution in [0, 0.1) is 6.92 Å². The van der Waals surface area contributed by atoms with E-state index in [0.29, 0.717) is 10.6 Å². The summed E-state index contributed by atoms with van der Waals surface area (Å²) in [6.07, 6.45) is -2.69. The van der Waals surface area contributed by atoms with E-state index in [1.165, 1.54) is 6.92 Å². The summed E-state index contributed by atoms with van der Waals surface area (Å²) in [6, 6.07) is 2.53. The van der Waals surface area contributed by atoms with Crippen molar-refractivity contribution in [3.05, 3.63) is 47.5 Å². The van der Waals surface area contributed by atoms with Gasteiger partial charge in [-0.2, -0.15) is 22.0 Å². The van der Waals surface area contributed by atoms with E-state index < -0.39 is 39.8 Å². The lowest BCUT2D eigenvalue weighted by Gasteiger charge is -2.13. The van der Waals surface area contributed by atoms with Gasteiger partial charge >= 0.3 is 12.7 Å². The zero-order chi connectivity index (χ0) is 18.1. The molecular weight excluding hydrogens is 357 g/mol. The van der Waals surface area contributed by atoms with E-state index in [9.17, 15) is 30.4 Å². The second-order valence-electron chi connectivity index (χ2n) is 4.83. The molecule has 0 fully saturated rings. The van der Waals surface area contributed by atoms with Gasteiger partial charge in [-0.3, -0.25) is 4.57 Å². The van der Waals surface area contributed by atoms with Crippen molar-refractivity contribution in [2.45, 2.75) is 31.1 Å². The summed E-state index contributed by atoms with van der Waals surface area (Å²) in [4.78, 5) is 2.97. The van der Waals surface area contributed by atoms with Crippen molar-refractivity contribution in [3.8, 4) is 0 Å². The van der Waals surface area contributed by atoms with Gasteiger partial charge in [0.25, 0.3) is 0 Å². The Morgan fingerprint density at radius 2 is 1.96 bits per heavy atom. The summed E-state index contributed by atoms with van der Waals surface area (Å²) in [6.45, 7) is -2.30. The maximum atomic E-state index is 12.9. The van der Waals surface area contributed by atoms with E-state index in [-0.39, 0.29) is 11.4 Å². The zero-order valence-corrected chi connectivity index (χ0v) is 13.0. The highest BCUT2D eigenvalue weighted by molar-refractivity contribution is 7.89. The van der Waals surface area contributed by atoms with E-state index in [2.05, 4.69) is 4.98 Å². The van der Waals surface area contributed by atoms with Crippen LogP contribution in [-0.2, 0) is 22.7 Å². The van der Waals surface area contributed by atoms with Crippen LogP contribution in [0.4, 0.5) is 22.0 Å². The molecule has 2 rings (SSSR count). The van der Waals surface area contributed by atoms with Crippen molar-refractivity contribution in [2.24, 2.45) is 0 Å². The van der Waals surface area contributed by atoms with Crippen LogP contribution in [0.25, 0.3) is 0 Å². The number of hydrogen-bond donors (Lipinski definition) is 1. The van der Waals surface area contributed by atoms with Gasteiger partial charge in [0.2, 0.25) is 10.0 Å². The Morgan fingerprint density at radius 3 is 2.54 bits per heavy atom. The summed E-state index contributed by atoms with van der Waals surface area (Å²) in [7, 11) is -4.33. The molecule has 1 heterocycles. The molecule has 0 aliphatic heterocycles. The number of benzene rings is 1. The fourth-order valence-electron chi connectivity index (χ4n) is 1.98. The Kier molecular flexibility index (Phi) is 4.95. The lowest BCUT2D eigenvalue weighted by molar-refractivity contribution is -0.138. The first-order chi connectivity index (χ1) is 11.0. The molecule has 0 unspecified atom stereocenters. The number of sulfonamides is 1. The van der Waals surface area contributed by atoms with Crippen LogP contribution >= 0.6 is 0 Å². The average Bonchev–Trinajstić information content (AvgIpc) is 2.93. The Balaban J connectivity index is 2.26. The maximum absolute atomic E-state index is 12.9. The van der Waals surface area contributed by atoms with Gasteiger partial charge in [0.15, 0.2) is 0 Å². The molecular formula is C13H12F5N3O2S. The molecule has 2 aromatic rings. The van der Waals surface area contributed by atoms with Gasteiger partial charge in [-0.05, 0) is 24.6 Å². The monoisotopic (exact) mass is 369 g/mol. The van der Waals surface area contributed by atoms with Crippen LogP contribution in [0.3, 0.4) is 0 Å². The summed E-state index contributed by atoms with van der Waals surface area (Å²) < 4.78 is 90.5. The number of halogens is 5. The Labute approximate surface area is 134 Å². The molecule has 0 bridgehead atoms. The molecule has 0 radical (unpaired) electrons. The van der Waals surface area contributed by atoms with Crippen LogP contribution in [0.2, 0.25) is 0 Å². The van der Waals surface area contributed by atoms with Crippen LogP contribution in [0.1, 0.15) is 23.5 Å². The first-order valence-corrected chi connectivity index (χ1v) is 7.98. The minimum Gasteiger partial charge on any atom is -0.277 e. The van der Waals surface area contributed by atoms with Crippen LogP contribution in [0.15, 0.2) is 35.5 Å². The normalized spacial score (nSPS) is 12.8. The van der Waals surface area contributed by atoms with Crippen molar-refractivity contribution in [1.29, 1.82) is 0 Å². The maximum Gasteiger partial charge on any atom is 0.416 e. The minimum atomic E-state index is -4.71. The number of nitrogens with one attached hydrogen (secondary N) is 1. The highest BCUT2D eigenvalue weighted by Crippen LogP contribution is 2.33. The standard InChI is InChI=1S/C13H12F5N3O2S/c1-8-2-3-9(6-10(8)13(16,17)18)24(22,23)20-7-11-19-4-5-21(11)12(14)15/h2-6,12,20H,7H2,1H3. The number of imidazole rings is 1. The van der Waals surface area contributed by atoms with Crippen molar-refractivity contribution < 1.29 is 30.4 Å². The summed E-state index contributed by atoms with van der Waals surface area (Å²) in [5.74, 6) is -0.267. The van der Waals surface area contributed by atoms with Crippen LogP contribution < -0.4 is 4.72 Å². The Hall–Kier alpha value is -2.01. The SMILES string of the molecule is Cc1ccc(S(=O)(=O)NCc2nccn2C(F)F)cc1C(F)(F)F. The van der Waals surface area contributed by atoms with Gasteiger partial charge in [-0.15, -0.1) is 0 Å². The summed E-state index contributed by atoms with van der Waals surface area (Å²) in [5.41, 5.74) is -1.21. The predicted octanol–water partition coefficient (Wildman–Crippen LogP) is 3.08. The molecule has 1 aromatic carbocycles. The lowest BCUT2D eigenvalue weighted by atomic mass is 10.1. The zero-order valence-electron chi connectivity index (χ0n) is 12.2. The second kappa shape index (κ2) is 6.48. The minimum absolute atomic E-state index is 0.130. The molecule has 0 saturated heterocycles. The molecule has 24 heavy (non-hydrogen) atoms. The fraction of sp³-hybridized carbons (Fsp3) is 0.308. The third-order valence-corrected chi connectivity index (χ3v) is 4.60. The Morgan fingerprint density at radius 1 is 1.29 bits per heavy atom. The van der Waals surface area contributed by atoms with Crippen LogP contribution in [0.5, 0.6) is 0 Å². The highest BCUT2D eigenvalue weighted by atomic mass is 32.2. The number of alkyl halides is 5. The van der Waals surface area contributed by atoms with Crippen molar-refractivity contribution in [3.63, 3.8) is 0 Å². The predicted molar refractivity (Wildman–Crippen MR) is 73.7 cm³/mol. The van der Waals surface area contributed by atoms with E-state index in [1.54, 1.807) is 0 Å². The van der Waals surface area contributed by atoms with E-state index >= 15 is 0 Å². The molecule has 132 valence electrons. The molecule has 1 N–H and O–H groups in total. The quantitative estimate of drug-likeness (QED) is 0.824. The molecule has 11 heteroatoms. The lowest BCUT2D eigenvalue weighted by Crippen LogP contribution is -2.25. The third-order valence-electron chi connectivity index (χ3n) is 3.20. The van der Waals surface area contributed by atoms with E-state index in [4.69, 9.17) is 0 Å². The molecule has 0 atom stereocenters. The van der Waals surface area contributed by atoms with Gasteiger partial charge in [0.05, 0.1) is 17.0 Å². The third kappa shape index (κ3) is 3.90. The fourth-order valence-corrected chi connectivity index (χ4v) is 2.98. The van der Waals surface area contributed by atoms with E-state index in [0.717, 1.165) is 24.5 Å². The van der Waals surface area contributed by atoms with Crippen molar-refractivity contribution >= 4 is 10.0 Å². The topological polar surface area (TPSA) is 64.0 Å². The molecule has 5 nitrogen and oxygen atoms in total. The Bertz CT molecular complexity index is 830.